The van der Waals surface area contributed by atoms with Crippen molar-refractivity contribution in [3.63, 3.8) is 0 Å². The lowest BCUT2D eigenvalue weighted by Crippen LogP contribution is -2.36. The van der Waals surface area contributed by atoms with E-state index in [1.807, 2.05) is 12.1 Å². The summed E-state index contributed by atoms with van der Waals surface area (Å²) in [6.07, 6.45) is 2.64. The van der Waals surface area contributed by atoms with Crippen LogP contribution in [0.25, 0.3) is 0 Å². The number of alkyl halides is 1. The van der Waals surface area contributed by atoms with Gasteiger partial charge in [-0.05, 0) is 36.6 Å². The van der Waals surface area contributed by atoms with Gasteiger partial charge in [0, 0.05) is 17.8 Å². The lowest BCUT2D eigenvalue weighted by Gasteiger charge is -2.29. The van der Waals surface area contributed by atoms with Gasteiger partial charge in [-0.1, -0.05) is 0 Å². The van der Waals surface area contributed by atoms with Crippen molar-refractivity contribution < 1.29 is 9.59 Å². The number of aryl methyl sites for hydroxylation is 1. The normalized spacial score (nSPS) is 14.4. The molecule has 1 heterocycles. The van der Waals surface area contributed by atoms with Crippen LogP contribution < -0.4 is 4.90 Å². The molecule has 4 heteroatoms. The van der Waals surface area contributed by atoms with Crippen LogP contribution in [-0.4, -0.2) is 24.6 Å². The second-order valence-electron chi connectivity index (χ2n) is 3.79. The maximum Gasteiger partial charge on any atom is 0.241 e. The van der Waals surface area contributed by atoms with Crippen molar-refractivity contribution in [3.05, 3.63) is 29.3 Å². The zero-order chi connectivity index (χ0) is 11.5. The van der Waals surface area contributed by atoms with Gasteiger partial charge in [-0.25, -0.2) is 0 Å². The van der Waals surface area contributed by atoms with E-state index in [-0.39, 0.29) is 11.8 Å². The molecule has 1 aliphatic heterocycles. The predicted molar refractivity (Wildman–Crippen MR) is 63.2 cm³/mol. The summed E-state index contributed by atoms with van der Waals surface area (Å²) in [5.74, 6) is -0.0871. The SMILES string of the molecule is O=Cc1ccc2c(c1)CCCN2C(=O)CCl. The topological polar surface area (TPSA) is 37.4 Å². The summed E-state index contributed by atoms with van der Waals surface area (Å²) in [5, 5.41) is 0. The van der Waals surface area contributed by atoms with Crippen molar-refractivity contribution in [1.82, 2.24) is 0 Å². The highest BCUT2D eigenvalue weighted by Crippen LogP contribution is 2.27. The number of nitrogens with zero attached hydrogens (tertiary/aromatic N) is 1. The molecule has 0 aromatic heterocycles. The molecule has 0 radical (unpaired) electrons. The van der Waals surface area contributed by atoms with Crippen LogP contribution in [0.4, 0.5) is 5.69 Å². The minimum atomic E-state index is -0.0820. The average Bonchev–Trinajstić information content (AvgIpc) is 2.36. The number of amides is 1. The second-order valence-corrected chi connectivity index (χ2v) is 4.06. The number of carbonyl (C=O) groups is 2. The standard InChI is InChI=1S/C12H12ClNO2/c13-7-12(16)14-5-1-2-10-6-9(8-15)3-4-11(10)14/h3-4,6,8H,1-2,5,7H2. The molecule has 0 saturated heterocycles. The van der Waals surface area contributed by atoms with Crippen LogP contribution in [0.1, 0.15) is 22.3 Å². The minimum absolute atomic E-state index is 0.00509. The van der Waals surface area contributed by atoms with Crippen LogP contribution in [0, 0.1) is 0 Å². The molecule has 1 aliphatic rings. The molecule has 0 fully saturated rings. The Morgan fingerprint density at radius 1 is 1.50 bits per heavy atom. The molecule has 0 unspecified atom stereocenters. The van der Waals surface area contributed by atoms with Crippen molar-refractivity contribution in [1.29, 1.82) is 0 Å². The summed E-state index contributed by atoms with van der Waals surface area (Å²) in [6.45, 7) is 0.707. The zero-order valence-electron chi connectivity index (χ0n) is 8.78. The van der Waals surface area contributed by atoms with Gasteiger partial charge in [0.05, 0.1) is 0 Å². The van der Waals surface area contributed by atoms with Gasteiger partial charge in [-0.3, -0.25) is 9.59 Å². The highest BCUT2D eigenvalue weighted by molar-refractivity contribution is 6.29. The fraction of sp³-hybridized carbons (Fsp3) is 0.333. The van der Waals surface area contributed by atoms with Gasteiger partial charge < -0.3 is 4.90 Å². The molecule has 1 aromatic carbocycles. The van der Waals surface area contributed by atoms with E-state index in [1.54, 1.807) is 11.0 Å². The molecule has 16 heavy (non-hydrogen) atoms. The fourth-order valence-corrected chi connectivity index (χ4v) is 2.17. The summed E-state index contributed by atoms with van der Waals surface area (Å²) >= 11 is 5.56. The molecule has 0 N–H and O–H groups in total. The summed E-state index contributed by atoms with van der Waals surface area (Å²) in [4.78, 5) is 24.0. The van der Waals surface area contributed by atoms with E-state index in [0.717, 1.165) is 30.4 Å². The Morgan fingerprint density at radius 2 is 2.31 bits per heavy atom. The largest absolute Gasteiger partial charge is 0.311 e. The highest BCUT2D eigenvalue weighted by Gasteiger charge is 2.21. The van der Waals surface area contributed by atoms with Gasteiger partial charge in [0.2, 0.25) is 5.91 Å². The Kier molecular flexibility index (Phi) is 3.25. The van der Waals surface area contributed by atoms with Crippen LogP contribution in [0.5, 0.6) is 0 Å². The van der Waals surface area contributed by atoms with Crippen LogP contribution >= 0.6 is 11.6 Å². The number of halogens is 1. The van der Waals surface area contributed by atoms with Gasteiger partial charge >= 0.3 is 0 Å². The molecule has 0 atom stereocenters. The monoisotopic (exact) mass is 237 g/mol. The highest BCUT2D eigenvalue weighted by atomic mass is 35.5. The first-order valence-corrected chi connectivity index (χ1v) is 5.74. The van der Waals surface area contributed by atoms with E-state index in [1.165, 1.54) is 0 Å². The van der Waals surface area contributed by atoms with Gasteiger partial charge in [0.1, 0.15) is 12.2 Å². The van der Waals surface area contributed by atoms with Crippen LogP contribution in [0.2, 0.25) is 0 Å². The smallest absolute Gasteiger partial charge is 0.241 e. The summed E-state index contributed by atoms with van der Waals surface area (Å²) in [7, 11) is 0. The van der Waals surface area contributed by atoms with E-state index in [2.05, 4.69) is 0 Å². The number of fused-ring (bicyclic) bond motifs is 1. The maximum atomic E-state index is 11.6. The third kappa shape index (κ3) is 1.95. The van der Waals surface area contributed by atoms with E-state index in [4.69, 9.17) is 11.6 Å². The Hall–Kier alpha value is -1.35. The first kappa shape index (κ1) is 11.1. The van der Waals surface area contributed by atoms with E-state index in [0.29, 0.717) is 12.1 Å². The molecule has 0 saturated carbocycles. The molecule has 1 aromatic rings. The molecule has 0 bridgehead atoms. The first-order chi connectivity index (χ1) is 7.76. The van der Waals surface area contributed by atoms with Crippen LogP contribution in [0.3, 0.4) is 0 Å². The van der Waals surface area contributed by atoms with Crippen molar-refractivity contribution in [2.24, 2.45) is 0 Å². The molecule has 84 valence electrons. The van der Waals surface area contributed by atoms with Gasteiger partial charge in [-0.2, -0.15) is 0 Å². The second kappa shape index (κ2) is 4.66. The minimum Gasteiger partial charge on any atom is -0.311 e. The number of anilines is 1. The first-order valence-electron chi connectivity index (χ1n) is 5.20. The van der Waals surface area contributed by atoms with Crippen molar-refractivity contribution in [3.8, 4) is 0 Å². The predicted octanol–water partition coefficient (Wildman–Crippen LogP) is 2.02. The number of hydrogen-bond donors (Lipinski definition) is 0. The van der Waals surface area contributed by atoms with Gasteiger partial charge in [0.25, 0.3) is 0 Å². The number of benzene rings is 1. The lowest BCUT2D eigenvalue weighted by atomic mass is 9.99. The molecule has 0 spiro atoms. The van der Waals surface area contributed by atoms with E-state index in [9.17, 15) is 9.59 Å². The van der Waals surface area contributed by atoms with Gasteiger partial charge in [-0.15, -0.1) is 11.6 Å². The van der Waals surface area contributed by atoms with Crippen molar-refractivity contribution >= 4 is 29.5 Å². The van der Waals surface area contributed by atoms with Gasteiger partial charge in [0.15, 0.2) is 0 Å². The molecular formula is C12H12ClNO2. The molecule has 2 rings (SSSR count). The molecule has 0 aliphatic carbocycles. The molecule has 3 nitrogen and oxygen atoms in total. The fourth-order valence-electron chi connectivity index (χ4n) is 2.02. The van der Waals surface area contributed by atoms with Crippen molar-refractivity contribution in [2.45, 2.75) is 12.8 Å². The Morgan fingerprint density at radius 3 is 3.00 bits per heavy atom. The third-order valence-corrected chi connectivity index (χ3v) is 3.00. The molecular weight excluding hydrogens is 226 g/mol. The Bertz CT molecular complexity index is 431. The summed E-state index contributed by atoms with van der Waals surface area (Å²) in [6, 6.07) is 5.39. The van der Waals surface area contributed by atoms with E-state index < -0.39 is 0 Å². The maximum absolute atomic E-state index is 11.6. The summed E-state index contributed by atoms with van der Waals surface area (Å²) < 4.78 is 0. The Balaban J connectivity index is 2.39. The number of rotatable bonds is 2. The number of hydrogen-bond acceptors (Lipinski definition) is 2. The van der Waals surface area contributed by atoms with Crippen LogP contribution in [0.15, 0.2) is 18.2 Å². The third-order valence-electron chi connectivity index (χ3n) is 2.77. The lowest BCUT2D eigenvalue weighted by molar-refractivity contribution is -0.116. The number of carbonyl (C=O) groups excluding carboxylic acids is 2. The average molecular weight is 238 g/mol. The Labute approximate surface area is 99.0 Å². The zero-order valence-corrected chi connectivity index (χ0v) is 9.54. The van der Waals surface area contributed by atoms with E-state index >= 15 is 0 Å². The summed E-state index contributed by atoms with van der Waals surface area (Å²) in [5.41, 5.74) is 2.59. The van der Waals surface area contributed by atoms with Crippen LogP contribution in [-0.2, 0) is 11.2 Å². The quantitative estimate of drug-likeness (QED) is 0.583. The van der Waals surface area contributed by atoms with Crippen molar-refractivity contribution in [2.75, 3.05) is 17.3 Å². The molecule has 1 amide bonds. The number of aldehydes is 1.